The maximum Gasteiger partial charge on any atom is 0.432 e. The van der Waals surface area contributed by atoms with Gasteiger partial charge < -0.3 is 20.4 Å². The molecule has 328 valence electrons. The molecule has 0 saturated carbocycles. The van der Waals surface area contributed by atoms with E-state index in [-0.39, 0.29) is 45.9 Å². The van der Waals surface area contributed by atoms with Gasteiger partial charge in [0.1, 0.15) is 0 Å². The summed E-state index contributed by atoms with van der Waals surface area (Å²) in [6.07, 6.45) is -1.26. The lowest BCUT2D eigenvalue weighted by molar-refractivity contribution is -0.680. The largest absolute Gasteiger partial charge is 0.432 e. The van der Waals surface area contributed by atoms with Crippen molar-refractivity contribution in [3.8, 4) is 0 Å². The first-order chi connectivity index (χ1) is 25.0. The van der Waals surface area contributed by atoms with Gasteiger partial charge in [-0.2, -0.15) is 0 Å². The van der Waals surface area contributed by atoms with Gasteiger partial charge in [0.25, 0.3) is 0 Å². The van der Waals surface area contributed by atoms with E-state index in [1.165, 1.54) is 53.4 Å². The number of ether oxygens (including phenoxy) is 4. The molecule has 0 unspecified atom stereocenters. The van der Waals surface area contributed by atoms with E-state index in [1.54, 1.807) is 0 Å². The Bertz CT molecular complexity index is 916. The minimum Gasteiger partial charge on any atom is -0.319 e. The molecule has 0 fully saturated rings. The number of nitro groups is 8. The van der Waals surface area contributed by atoms with Gasteiger partial charge in [-0.25, -0.2) is 18.9 Å². The van der Waals surface area contributed by atoms with Crippen LogP contribution in [0.3, 0.4) is 0 Å². The molecule has 0 aromatic rings. The Morgan fingerprint density at radius 2 is 0.491 bits per heavy atom. The van der Waals surface area contributed by atoms with E-state index in [0.29, 0.717) is 5.41 Å². The monoisotopic (exact) mass is 824 g/mol. The zero-order valence-corrected chi connectivity index (χ0v) is 31.5. The fourth-order valence-electron chi connectivity index (χ4n) is 2.28. The molecular formula is C23H52N8O24. The molecule has 0 atom stereocenters. The van der Waals surface area contributed by atoms with Gasteiger partial charge in [0, 0.05) is 67.1 Å². The molecule has 32 heteroatoms. The van der Waals surface area contributed by atoms with Gasteiger partial charge in [-0.1, -0.05) is 53.4 Å². The Morgan fingerprint density at radius 3 is 0.545 bits per heavy atom. The molecule has 0 bridgehead atoms. The molecule has 4 N–H and O–H groups in total. The number of rotatable bonds is 20. The van der Waals surface area contributed by atoms with Crippen LogP contribution in [-0.4, -0.2) is 125 Å². The fraction of sp³-hybridized carbons (Fsp3) is 1.00. The summed E-state index contributed by atoms with van der Waals surface area (Å²) in [5.74, 6) is 0. The molecule has 55 heavy (non-hydrogen) atoms. The van der Waals surface area contributed by atoms with Gasteiger partial charge in [-0.05, 0) is 5.41 Å². The van der Waals surface area contributed by atoms with E-state index in [9.17, 15) is 80.9 Å². The summed E-state index contributed by atoms with van der Waals surface area (Å²) in [6, 6.07) is 0. The van der Waals surface area contributed by atoms with Gasteiger partial charge in [0.2, 0.25) is 26.2 Å². The van der Waals surface area contributed by atoms with Crippen LogP contribution in [0.15, 0.2) is 0 Å². The normalized spacial score (nSPS) is 9.96. The van der Waals surface area contributed by atoms with Gasteiger partial charge in [0.15, 0.2) is 0 Å². The van der Waals surface area contributed by atoms with Crippen molar-refractivity contribution in [2.45, 2.75) is 93.4 Å². The minimum atomic E-state index is -3.50. The van der Waals surface area contributed by atoms with Gasteiger partial charge in [0.05, 0.1) is 0 Å². The smallest absolute Gasteiger partial charge is 0.319 e. The van der Waals surface area contributed by atoms with Crippen LogP contribution in [0.25, 0.3) is 0 Å². The fourth-order valence-corrected chi connectivity index (χ4v) is 2.28. The molecule has 0 aliphatic carbocycles. The van der Waals surface area contributed by atoms with Crippen LogP contribution in [0.1, 0.15) is 81.1 Å². The number of aliphatic hydroxyl groups is 4. The van der Waals surface area contributed by atoms with Crippen LogP contribution >= 0.6 is 0 Å². The molecular weight excluding hydrogens is 772 g/mol. The SMILES string of the molecule is CCC(CC)(CC)CC.CC[N+](=O)[O-].CC[N+](=O)[O-].CC[N+](=O)[O-].CC[N+](=O)[O-].O=[N+]([O-])COC(OC[N+](=O)[O-])(OC[N+](=O)[O-])OC[N+](=O)[O-].OC(O)(O)O. The highest BCUT2D eigenvalue weighted by Crippen LogP contribution is 2.33. The molecule has 32 nitrogen and oxygen atoms in total. The molecule has 0 amide bonds. The Labute approximate surface area is 312 Å². The molecule has 0 heterocycles. The summed E-state index contributed by atoms with van der Waals surface area (Å²) in [6.45, 7) is 9.68. The van der Waals surface area contributed by atoms with Crippen molar-refractivity contribution in [1.29, 1.82) is 0 Å². The predicted octanol–water partition coefficient (Wildman–Crippen LogP) is 0.913. The summed E-state index contributed by atoms with van der Waals surface area (Å²) in [7, 11) is 0. The lowest BCUT2D eigenvalue weighted by atomic mass is 9.78. The van der Waals surface area contributed by atoms with Crippen molar-refractivity contribution < 1.29 is 78.8 Å². The van der Waals surface area contributed by atoms with Gasteiger partial charge >= 0.3 is 39.2 Å². The first kappa shape index (κ1) is 64.8. The van der Waals surface area contributed by atoms with Crippen LogP contribution in [0.4, 0.5) is 0 Å². The highest BCUT2D eigenvalue weighted by atomic mass is 17.0. The van der Waals surface area contributed by atoms with Crippen LogP contribution in [-0.2, 0) is 18.9 Å². The summed E-state index contributed by atoms with van der Waals surface area (Å²) >= 11 is 0. The van der Waals surface area contributed by atoms with Gasteiger partial charge in [-0.15, -0.1) is 0 Å². The first-order valence-corrected chi connectivity index (χ1v) is 15.4. The molecule has 0 aromatic heterocycles. The summed E-state index contributed by atoms with van der Waals surface area (Å²) in [5.41, 5.74) is 0.667. The average molecular weight is 825 g/mol. The Balaban J connectivity index is -0.000000112. The quantitative estimate of drug-likeness (QED) is 0.0752. The van der Waals surface area contributed by atoms with Crippen molar-refractivity contribution in [3.05, 3.63) is 80.9 Å². The lowest BCUT2D eigenvalue weighted by Crippen LogP contribution is -2.46. The summed E-state index contributed by atoms with van der Waals surface area (Å²) in [5, 5.41) is 106. The maximum absolute atomic E-state index is 10.2. The molecule has 0 spiro atoms. The van der Waals surface area contributed by atoms with E-state index >= 15 is 0 Å². The standard InChI is InChI=1S/C9H20.C5H8N4O12.4C2H5NO2.CH4O4/c1-5-9(6-2,7-3)8-4;10-6(11)1-18-5(19-2-7(12)13,20-3-8(14)15)21-4-9(16)17;4*1-2-3(4)5;2-1(3,4)5/h5-8H2,1-4H3;1-4H2;4*2H2,1H3;2-5H. The second-order valence-electron chi connectivity index (χ2n) is 9.03. The van der Waals surface area contributed by atoms with Crippen molar-refractivity contribution in [2.24, 2.45) is 5.41 Å². The van der Waals surface area contributed by atoms with Crippen molar-refractivity contribution in [2.75, 3.05) is 53.1 Å². The van der Waals surface area contributed by atoms with E-state index in [2.05, 4.69) is 46.6 Å². The zero-order valence-electron chi connectivity index (χ0n) is 31.5. The predicted molar refractivity (Wildman–Crippen MR) is 180 cm³/mol. The Hall–Kier alpha value is -5.12. The second-order valence-corrected chi connectivity index (χ2v) is 9.03. The third-order valence-electron chi connectivity index (χ3n) is 5.42. The molecule has 0 radical (unpaired) electrons. The maximum atomic E-state index is 10.2. The highest BCUT2D eigenvalue weighted by Gasteiger charge is 2.43. The van der Waals surface area contributed by atoms with Crippen LogP contribution < -0.4 is 0 Å². The molecule has 0 aromatic carbocycles. The third kappa shape index (κ3) is 71.1. The summed E-state index contributed by atoms with van der Waals surface area (Å²) < 4.78 is 17.1. The minimum absolute atomic E-state index is 0.0278. The van der Waals surface area contributed by atoms with Crippen LogP contribution in [0.2, 0.25) is 0 Å². The highest BCUT2D eigenvalue weighted by molar-refractivity contribution is 4.72. The van der Waals surface area contributed by atoms with Crippen LogP contribution in [0, 0.1) is 86.3 Å². The molecule has 0 aliphatic heterocycles. The Morgan fingerprint density at radius 1 is 0.364 bits per heavy atom. The molecule has 0 saturated heterocycles. The lowest BCUT2D eigenvalue weighted by Gasteiger charge is -2.28. The van der Waals surface area contributed by atoms with Crippen molar-refractivity contribution in [3.63, 3.8) is 0 Å². The van der Waals surface area contributed by atoms with E-state index in [4.69, 9.17) is 20.4 Å². The number of hydrogen-bond donors (Lipinski definition) is 4. The van der Waals surface area contributed by atoms with Gasteiger partial charge in [-0.3, -0.25) is 80.9 Å². The van der Waals surface area contributed by atoms with Crippen molar-refractivity contribution >= 4 is 0 Å². The second kappa shape index (κ2) is 40.1. The topological polar surface area (TPSA) is 463 Å². The van der Waals surface area contributed by atoms with E-state index in [0.717, 1.165) is 0 Å². The average Bonchev–Trinajstić information content (AvgIpc) is 3.09. The zero-order chi connectivity index (χ0) is 45.4. The van der Waals surface area contributed by atoms with E-state index < -0.39 is 58.9 Å². The molecule has 0 rings (SSSR count). The summed E-state index contributed by atoms with van der Waals surface area (Å²) in [4.78, 5) is 71.5. The number of nitrogens with zero attached hydrogens (tertiary/aromatic N) is 8. The first-order valence-electron chi connectivity index (χ1n) is 15.4. The van der Waals surface area contributed by atoms with Crippen molar-refractivity contribution in [1.82, 2.24) is 0 Å². The molecule has 0 aliphatic rings. The Kier molecular flexibility index (Phi) is 47.2. The third-order valence-corrected chi connectivity index (χ3v) is 5.42. The number of hydrogen-bond acceptors (Lipinski definition) is 24. The van der Waals surface area contributed by atoms with E-state index in [1.807, 2.05) is 0 Å². The van der Waals surface area contributed by atoms with Crippen LogP contribution in [0.5, 0.6) is 0 Å².